The molecule has 2 heteroatoms. The van der Waals surface area contributed by atoms with E-state index in [1.807, 2.05) is 0 Å². The third-order valence-corrected chi connectivity index (χ3v) is 3.34. The van der Waals surface area contributed by atoms with Gasteiger partial charge >= 0.3 is 0 Å². The van der Waals surface area contributed by atoms with Gasteiger partial charge in [0.2, 0.25) is 0 Å². The minimum atomic E-state index is 0.0484. The molecule has 0 amide bonds. The number of Topliss-reactive ketones (excluding diaryl/α,β-unsaturated/α-hetero) is 1. The maximum Gasteiger partial charge on any atom is 0.133 e. The number of aldehydes is 1. The van der Waals surface area contributed by atoms with Gasteiger partial charge in [-0.1, -0.05) is 13.8 Å². The van der Waals surface area contributed by atoms with Crippen molar-refractivity contribution in [2.24, 2.45) is 17.3 Å². The molecule has 0 aromatic carbocycles. The van der Waals surface area contributed by atoms with E-state index in [9.17, 15) is 9.59 Å². The predicted octanol–water partition coefficient (Wildman–Crippen LogP) is 1.83. The van der Waals surface area contributed by atoms with Crippen molar-refractivity contribution in [3.05, 3.63) is 0 Å². The van der Waals surface area contributed by atoms with Crippen LogP contribution in [0.2, 0.25) is 0 Å². The van der Waals surface area contributed by atoms with Gasteiger partial charge in [-0.3, -0.25) is 4.79 Å². The first-order valence-corrected chi connectivity index (χ1v) is 4.44. The monoisotopic (exact) mass is 168 g/mol. The summed E-state index contributed by atoms with van der Waals surface area (Å²) in [6.45, 7) is 5.80. The van der Waals surface area contributed by atoms with E-state index >= 15 is 0 Å². The second-order valence-corrected chi connectivity index (χ2v) is 4.32. The zero-order valence-corrected chi connectivity index (χ0v) is 7.96. The molecule has 1 aliphatic rings. The number of hydrogen-bond acceptors (Lipinski definition) is 2. The number of hydrogen-bond donors (Lipinski definition) is 0. The summed E-state index contributed by atoms with van der Waals surface area (Å²) < 4.78 is 0. The van der Waals surface area contributed by atoms with Crippen molar-refractivity contribution in [1.82, 2.24) is 0 Å². The molecule has 0 aromatic heterocycles. The van der Waals surface area contributed by atoms with Crippen LogP contribution in [0.3, 0.4) is 0 Å². The van der Waals surface area contributed by atoms with Crippen LogP contribution in [0.5, 0.6) is 0 Å². The molecule has 0 bridgehead atoms. The topological polar surface area (TPSA) is 34.1 Å². The Morgan fingerprint density at radius 3 is 2.50 bits per heavy atom. The Bertz CT molecular complexity index is 206. The highest BCUT2D eigenvalue weighted by molar-refractivity contribution is 5.80. The van der Waals surface area contributed by atoms with Crippen LogP contribution in [-0.4, -0.2) is 12.1 Å². The average molecular weight is 168 g/mol. The van der Waals surface area contributed by atoms with Crippen molar-refractivity contribution in [3.63, 3.8) is 0 Å². The Balaban J connectivity index is 2.59. The van der Waals surface area contributed by atoms with Crippen molar-refractivity contribution < 1.29 is 9.59 Å². The molecule has 0 spiro atoms. The molecule has 1 rings (SSSR count). The van der Waals surface area contributed by atoms with Crippen LogP contribution in [-0.2, 0) is 9.59 Å². The lowest BCUT2D eigenvalue weighted by molar-refractivity contribution is -0.138. The zero-order chi connectivity index (χ0) is 9.35. The molecular formula is C10H16O2. The smallest absolute Gasteiger partial charge is 0.133 e. The molecule has 1 fully saturated rings. The number of carbonyl (C=O) groups is 2. The number of carbonyl (C=O) groups excluding carboxylic acids is 2. The fourth-order valence-corrected chi connectivity index (χ4v) is 2.22. The van der Waals surface area contributed by atoms with Crippen LogP contribution in [0.1, 0.15) is 33.6 Å². The molecule has 0 aromatic rings. The fourth-order valence-electron chi connectivity index (χ4n) is 2.22. The highest BCUT2D eigenvalue weighted by atomic mass is 16.1. The molecular weight excluding hydrogens is 152 g/mol. The standard InChI is InChI=1S/C10H16O2/c1-7(12)9-6-8(4-5-11)10(9,2)3/h5,8-9H,4,6H2,1-3H3/t8-,9-/m0/s1. The van der Waals surface area contributed by atoms with Gasteiger partial charge in [0.15, 0.2) is 0 Å². The van der Waals surface area contributed by atoms with Crippen molar-refractivity contribution in [1.29, 1.82) is 0 Å². The third-order valence-electron chi connectivity index (χ3n) is 3.34. The van der Waals surface area contributed by atoms with Gasteiger partial charge in [0.25, 0.3) is 0 Å². The quantitative estimate of drug-likeness (QED) is 0.602. The minimum Gasteiger partial charge on any atom is -0.303 e. The van der Waals surface area contributed by atoms with Gasteiger partial charge in [-0.05, 0) is 24.7 Å². The highest BCUT2D eigenvalue weighted by Gasteiger charge is 2.49. The zero-order valence-electron chi connectivity index (χ0n) is 7.96. The van der Waals surface area contributed by atoms with Gasteiger partial charge in [0, 0.05) is 12.3 Å². The van der Waals surface area contributed by atoms with E-state index in [0.717, 1.165) is 12.7 Å². The Kier molecular flexibility index (Phi) is 2.36. The average Bonchev–Trinajstić information content (AvgIpc) is 1.96. The maximum atomic E-state index is 11.1. The molecule has 0 N–H and O–H groups in total. The third kappa shape index (κ3) is 1.30. The van der Waals surface area contributed by atoms with Crippen LogP contribution in [0.25, 0.3) is 0 Å². The lowest BCUT2D eigenvalue weighted by Gasteiger charge is -2.50. The Labute approximate surface area is 73.3 Å². The number of ketones is 1. The van der Waals surface area contributed by atoms with Crippen molar-refractivity contribution >= 4 is 12.1 Å². The molecule has 1 aliphatic carbocycles. The normalized spacial score (nSPS) is 32.2. The first kappa shape index (κ1) is 9.43. The van der Waals surface area contributed by atoms with Gasteiger partial charge in [-0.25, -0.2) is 0 Å². The highest BCUT2D eigenvalue weighted by Crippen LogP contribution is 2.52. The van der Waals surface area contributed by atoms with Crippen LogP contribution in [0, 0.1) is 17.3 Å². The minimum absolute atomic E-state index is 0.0484. The lowest BCUT2D eigenvalue weighted by atomic mass is 9.53. The van der Waals surface area contributed by atoms with Gasteiger partial charge < -0.3 is 4.79 Å². The summed E-state index contributed by atoms with van der Waals surface area (Å²) in [6, 6.07) is 0. The van der Waals surface area contributed by atoms with Gasteiger partial charge in [0.1, 0.15) is 12.1 Å². The Morgan fingerprint density at radius 2 is 2.17 bits per heavy atom. The summed E-state index contributed by atoms with van der Waals surface area (Å²) in [5.41, 5.74) is 0.0484. The first-order valence-electron chi connectivity index (χ1n) is 4.44. The molecule has 0 radical (unpaired) electrons. The largest absolute Gasteiger partial charge is 0.303 e. The first-order chi connectivity index (χ1) is 5.50. The van der Waals surface area contributed by atoms with E-state index in [2.05, 4.69) is 13.8 Å². The van der Waals surface area contributed by atoms with Crippen LogP contribution in [0.4, 0.5) is 0 Å². The Hall–Kier alpha value is -0.660. The van der Waals surface area contributed by atoms with Crippen LogP contribution in [0.15, 0.2) is 0 Å². The molecule has 1 saturated carbocycles. The molecule has 2 atom stereocenters. The summed E-state index contributed by atoms with van der Waals surface area (Å²) in [5, 5.41) is 0. The van der Waals surface area contributed by atoms with E-state index < -0.39 is 0 Å². The molecule has 12 heavy (non-hydrogen) atoms. The predicted molar refractivity (Wildman–Crippen MR) is 46.7 cm³/mol. The van der Waals surface area contributed by atoms with E-state index in [4.69, 9.17) is 0 Å². The van der Waals surface area contributed by atoms with E-state index in [1.165, 1.54) is 0 Å². The van der Waals surface area contributed by atoms with Crippen LogP contribution >= 0.6 is 0 Å². The Morgan fingerprint density at radius 1 is 1.58 bits per heavy atom. The second-order valence-electron chi connectivity index (χ2n) is 4.32. The summed E-state index contributed by atoms with van der Waals surface area (Å²) in [5.74, 6) is 0.869. The molecule has 0 unspecified atom stereocenters. The molecule has 0 heterocycles. The van der Waals surface area contributed by atoms with Gasteiger partial charge in [0.05, 0.1) is 0 Å². The van der Waals surface area contributed by atoms with Crippen molar-refractivity contribution in [2.45, 2.75) is 33.6 Å². The summed E-state index contributed by atoms with van der Waals surface area (Å²) in [6.07, 6.45) is 2.47. The lowest BCUT2D eigenvalue weighted by Crippen LogP contribution is -2.48. The fraction of sp³-hybridized carbons (Fsp3) is 0.800. The summed E-state index contributed by atoms with van der Waals surface area (Å²) >= 11 is 0. The molecule has 0 saturated heterocycles. The molecule has 0 aliphatic heterocycles. The molecule has 68 valence electrons. The van der Waals surface area contributed by atoms with Crippen molar-refractivity contribution in [2.75, 3.05) is 0 Å². The van der Waals surface area contributed by atoms with Gasteiger partial charge in [-0.15, -0.1) is 0 Å². The van der Waals surface area contributed by atoms with E-state index in [0.29, 0.717) is 12.3 Å². The summed E-state index contributed by atoms with van der Waals surface area (Å²) in [7, 11) is 0. The van der Waals surface area contributed by atoms with E-state index in [1.54, 1.807) is 6.92 Å². The van der Waals surface area contributed by atoms with Crippen molar-refractivity contribution in [3.8, 4) is 0 Å². The summed E-state index contributed by atoms with van der Waals surface area (Å²) in [4.78, 5) is 21.4. The SMILES string of the molecule is CC(=O)[C@@H]1C[C@H](CC=O)C1(C)C. The second kappa shape index (κ2) is 3.00. The van der Waals surface area contributed by atoms with Crippen LogP contribution < -0.4 is 0 Å². The van der Waals surface area contributed by atoms with Gasteiger partial charge in [-0.2, -0.15) is 0 Å². The maximum absolute atomic E-state index is 11.1. The molecule has 2 nitrogen and oxygen atoms in total. The van der Waals surface area contributed by atoms with E-state index in [-0.39, 0.29) is 17.1 Å². The number of rotatable bonds is 3.